The molecular formula is C27H25FN8O2. The van der Waals surface area contributed by atoms with Crippen molar-refractivity contribution < 1.29 is 14.0 Å². The van der Waals surface area contributed by atoms with Gasteiger partial charge in [0.25, 0.3) is 5.91 Å². The fraction of sp³-hybridized carbons (Fsp3) is 0.222. The highest BCUT2D eigenvalue weighted by Gasteiger charge is 2.49. The van der Waals surface area contributed by atoms with Gasteiger partial charge in [-0.2, -0.15) is 15.3 Å². The Morgan fingerprint density at radius 3 is 2.34 bits per heavy atom. The molecule has 2 amide bonds. The zero-order chi connectivity index (χ0) is 26.6. The summed E-state index contributed by atoms with van der Waals surface area (Å²) in [6.07, 6.45) is 5.22. The number of rotatable bonds is 5. The van der Waals surface area contributed by atoms with E-state index in [0.717, 1.165) is 16.6 Å². The van der Waals surface area contributed by atoms with Crippen LogP contribution in [0.3, 0.4) is 0 Å². The molecule has 0 spiro atoms. The SMILES string of the molecule is C[C@@H]1C(=O)N(c2ccc3c(cnn3-c3ccc(F)cc3)c2)[C@H](c2ccn(C)n2)C1NC(=O)c1ccn(C)n1. The third kappa shape index (κ3) is 3.92. The zero-order valence-electron chi connectivity index (χ0n) is 21.0. The van der Waals surface area contributed by atoms with Crippen LogP contribution in [0.4, 0.5) is 10.1 Å². The summed E-state index contributed by atoms with van der Waals surface area (Å²) in [4.78, 5) is 28.4. The van der Waals surface area contributed by atoms with Crippen molar-refractivity contribution >= 4 is 28.4 Å². The number of amides is 2. The molecule has 38 heavy (non-hydrogen) atoms. The lowest BCUT2D eigenvalue weighted by atomic mass is 9.97. The quantitative estimate of drug-likeness (QED) is 0.390. The van der Waals surface area contributed by atoms with Crippen molar-refractivity contribution in [1.29, 1.82) is 0 Å². The van der Waals surface area contributed by atoms with E-state index in [2.05, 4.69) is 20.6 Å². The Balaban J connectivity index is 1.39. The highest BCUT2D eigenvalue weighted by Crippen LogP contribution is 2.40. The largest absolute Gasteiger partial charge is 0.345 e. The van der Waals surface area contributed by atoms with Gasteiger partial charge in [-0.15, -0.1) is 0 Å². The average molecular weight is 513 g/mol. The molecule has 1 unspecified atom stereocenters. The first-order valence-electron chi connectivity index (χ1n) is 12.2. The Labute approximate surface area is 217 Å². The van der Waals surface area contributed by atoms with Crippen LogP contribution in [-0.2, 0) is 18.9 Å². The lowest BCUT2D eigenvalue weighted by molar-refractivity contribution is -0.120. The number of carbonyl (C=O) groups excluding carboxylic acids is 2. The second-order valence-corrected chi connectivity index (χ2v) is 9.51. The van der Waals surface area contributed by atoms with E-state index in [4.69, 9.17) is 0 Å². The van der Waals surface area contributed by atoms with Gasteiger partial charge in [-0.3, -0.25) is 19.0 Å². The van der Waals surface area contributed by atoms with Gasteiger partial charge in [0, 0.05) is 37.6 Å². The van der Waals surface area contributed by atoms with Gasteiger partial charge in [0.15, 0.2) is 0 Å². The van der Waals surface area contributed by atoms with E-state index in [-0.39, 0.29) is 23.3 Å². The fourth-order valence-electron chi connectivity index (χ4n) is 5.06. The molecule has 3 atom stereocenters. The summed E-state index contributed by atoms with van der Waals surface area (Å²) in [5.74, 6) is -1.31. The van der Waals surface area contributed by atoms with Crippen LogP contribution < -0.4 is 10.2 Å². The Morgan fingerprint density at radius 1 is 0.947 bits per heavy atom. The van der Waals surface area contributed by atoms with Crippen LogP contribution in [0, 0.1) is 11.7 Å². The molecule has 10 nitrogen and oxygen atoms in total. The maximum absolute atomic E-state index is 13.7. The van der Waals surface area contributed by atoms with E-state index < -0.39 is 18.0 Å². The third-order valence-corrected chi connectivity index (χ3v) is 6.97. The van der Waals surface area contributed by atoms with Crippen LogP contribution in [0.25, 0.3) is 16.6 Å². The van der Waals surface area contributed by atoms with Crippen molar-refractivity contribution in [2.24, 2.45) is 20.0 Å². The minimum atomic E-state index is -0.537. The molecule has 2 aromatic carbocycles. The molecule has 3 aromatic heterocycles. The van der Waals surface area contributed by atoms with Gasteiger partial charge in [0.1, 0.15) is 17.6 Å². The van der Waals surface area contributed by atoms with Crippen LogP contribution >= 0.6 is 0 Å². The lowest BCUT2D eigenvalue weighted by Gasteiger charge is -2.27. The summed E-state index contributed by atoms with van der Waals surface area (Å²) in [5.41, 5.74) is 3.15. The van der Waals surface area contributed by atoms with Crippen LogP contribution in [0.5, 0.6) is 0 Å². The predicted molar refractivity (Wildman–Crippen MR) is 138 cm³/mol. The van der Waals surface area contributed by atoms with Crippen molar-refractivity contribution in [2.45, 2.75) is 19.0 Å². The molecule has 4 heterocycles. The van der Waals surface area contributed by atoms with Gasteiger partial charge in [0.05, 0.1) is 35.1 Å². The van der Waals surface area contributed by atoms with Gasteiger partial charge in [-0.05, 0) is 54.6 Å². The maximum atomic E-state index is 13.7. The number of carbonyl (C=O) groups is 2. The van der Waals surface area contributed by atoms with E-state index >= 15 is 0 Å². The number of benzene rings is 2. The molecule has 6 rings (SSSR count). The molecule has 1 fully saturated rings. The second kappa shape index (κ2) is 8.94. The van der Waals surface area contributed by atoms with Crippen molar-refractivity contribution in [1.82, 2.24) is 34.7 Å². The smallest absolute Gasteiger partial charge is 0.272 e. The Hall–Kier alpha value is -4.80. The molecule has 11 heteroatoms. The first-order valence-corrected chi connectivity index (χ1v) is 12.2. The van der Waals surface area contributed by atoms with Crippen LogP contribution in [0.1, 0.15) is 29.1 Å². The number of anilines is 1. The zero-order valence-corrected chi connectivity index (χ0v) is 21.0. The maximum Gasteiger partial charge on any atom is 0.272 e. The number of aromatic nitrogens is 6. The number of halogens is 1. The molecule has 192 valence electrons. The molecule has 5 aromatic rings. The predicted octanol–water partition coefficient (Wildman–Crippen LogP) is 3.15. The van der Waals surface area contributed by atoms with Gasteiger partial charge < -0.3 is 10.2 Å². The number of hydrogen-bond donors (Lipinski definition) is 1. The standard InChI is InChI=1S/C27H25FN8O2/c1-16-24(30-26(37)22-11-13-34(3)32-22)25(21-10-12-33(2)31-21)35(27(16)38)20-8-9-23-17(14-20)15-29-36(23)19-6-4-18(28)5-7-19/h4-16,24-25H,1-3H3,(H,30,37)/t16-,24?,25+/m0/s1. The highest BCUT2D eigenvalue weighted by molar-refractivity contribution is 6.02. The Kier molecular flexibility index (Phi) is 5.55. The summed E-state index contributed by atoms with van der Waals surface area (Å²) in [7, 11) is 3.55. The Bertz CT molecular complexity index is 1670. The average Bonchev–Trinajstić information content (AvgIpc) is 3.68. The van der Waals surface area contributed by atoms with Crippen LogP contribution in [-0.4, -0.2) is 47.2 Å². The topological polar surface area (TPSA) is 103 Å². The second-order valence-electron chi connectivity index (χ2n) is 9.51. The monoisotopic (exact) mass is 512 g/mol. The van der Waals surface area contributed by atoms with Gasteiger partial charge in [-0.25, -0.2) is 9.07 Å². The van der Waals surface area contributed by atoms with Crippen molar-refractivity contribution in [3.63, 3.8) is 0 Å². The molecule has 0 aliphatic carbocycles. The molecule has 1 aliphatic heterocycles. The number of aryl methyl sites for hydroxylation is 2. The van der Waals surface area contributed by atoms with E-state index in [0.29, 0.717) is 11.4 Å². The fourth-order valence-corrected chi connectivity index (χ4v) is 5.06. The van der Waals surface area contributed by atoms with E-state index in [1.54, 1.807) is 56.6 Å². The summed E-state index contributed by atoms with van der Waals surface area (Å²) in [5, 5.41) is 17.1. The summed E-state index contributed by atoms with van der Waals surface area (Å²) < 4.78 is 18.4. The van der Waals surface area contributed by atoms with Gasteiger partial charge in [0.2, 0.25) is 5.91 Å². The van der Waals surface area contributed by atoms with Crippen LogP contribution in [0.2, 0.25) is 0 Å². The molecule has 0 radical (unpaired) electrons. The molecule has 1 saturated heterocycles. The number of nitrogens with zero attached hydrogens (tertiary/aromatic N) is 7. The minimum Gasteiger partial charge on any atom is -0.345 e. The highest BCUT2D eigenvalue weighted by atomic mass is 19.1. The number of hydrogen-bond acceptors (Lipinski definition) is 5. The first-order chi connectivity index (χ1) is 18.3. The molecular weight excluding hydrogens is 487 g/mol. The summed E-state index contributed by atoms with van der Waals surface area (Å²) >= 11 is 0. The first kappa shape index (κ1) is 23.6. The summed E-state index contributed by atoms with van der Waals surface area (Å²) in [6, 6.07) is 14.1. The van der Waals surface area contributed by atoms with E-state index in [1.807, 2.05) is 44.4 Å². The van der Waals surface area contributed by atoms with Crippen molar-refractivity contribution in [3.8, 4) is 5.69 Å². The van der Waals surface area contributed by atoms with E-state index in [9.17, 15) is 14.0 Å². The normalized spacial score (nSPS) is 19.4. The number of nitrogens with one attached hydrogen (secondary N) is 1. The van der Waals surface area contributed by atoms with E-state index in [1.165, 1.54) is 12.1 Å². The van der Waals surface area contributed by atoms with Crippen molar-refractivity contribution in [2.75, 3.05) is 4.90 Å². The Morgan fingerprint density at radius 2 is 1.66 bits per heavy atom. The molecule has 0 bridgehead atoms. The summed E-state index contributed by atoms with van der Waals surface area (Å²) in [6.45, 7) is 1.81. The van der Waals surface area contributed by atoms with Crippen molar-refractivity contribution in [3.05, 3.63) is 90.4 Å². The lowest BCUT2D eigenvalue weighted by Crippen LogP contribution is -2.42. The molecule has 1 aliphatic rings. The van der Waals surface area contributed by atoms with Crippen LogP contribution in [0.15, 0.2) is 73.2 Å². The minimum absolute atomic E-state index is 0.128. The third-order valence-electron chi connectivity index (χ3n) is 6.97. The van der Waals surface area contributed by atoms with Gasteiger partial charge in [-0.1, -0.05) is 6.92 Å². The van der Waals surface area contributed by atoms with Gasteiger partial charge >= 0.3 is 0 Å². The number of fused-ring (bicyclic) bond motifs is 1. The molecule has 1 N–H and O–H groups in total. The molecule has 0 saturated carbocycles.